The molecular weight excluding hydrogens is 592 g/mol. The number of benzene rings is 1. The van der Waals surface area contributed by atoms with E-state index in [1.807, 2.05) is 35.4 Å². The van der Waals surface area contributed by atoms with Gasteiger partial charge >= 0.3 is 0 Å². The highest BCUT2D eigenvalue weighted by atomic mass is 35.5. The van der Waals surface area contributed by atoms with Gasteiger partial charge < -0.3 is 25.6 Å². The van der Waals surface area contributed by atoms with Gasteiger partial charge in [0.1, 0.15) is 5.02 Å². The van der Waals surface area contributed by atoms with E-state index in [4.69, 9.17) is 16.3 Å². The van der Waals surface area contributed by atoms with Crippen LogP contribution < -0.4 is 16.0 Å². The number of hydrogen-bond acceptors (Lipinski definition) is 9. The summed E-state index contributed by atoms with van der Waals surface area (Å²) < 4.78 is 5.12. The Hall–Kier alpha value is -4.48. The molecule has 2 aliphatic rings. The predicted octanol–water partition coefficient (Wildman–Crippen LogP) is 5.72. The topological polar surface area (TPSA) is 125 Å². The number of methoxy groups -OCH3 is 1. The number of ether oxygens (including phenoxy) is 1. The Morgan fingerprint density at radius 2 is 1.82 bits per heavy atom. The van der Waals surface area contributed by atoms with Gasteiger partial charge in [0, 0.05) is 49.3 Å². The Morgan fingerprint density at radius 3 is 2.56 bits per heavy atom. The molecule has 3 N–H and O–H groups in total. The van der Waals surface area contributed by atoms with Crippen LogP contribution in [0.3, 0.4) is 0 Å². The van der Waals surface area contributed by atoms with Gasteiger partial charge in [-0.1, -0.05) is 38.4 Å². The standard InChI is InChI=1S/C30H33ClN8O3.C3H8/c1-19(12-20(2)42-3)29(41)39-10-8-38(9-11-39)18-27(40)36-26-7-6-23-14-22(26)5-4-21-13-24(16-32-15-21)35-30-33-17-25(31)28(34-23)37-30;1-3-2/h6-7,12-17H,1,4-5,8-11,18H2,2-3H3,(H,36,40)(H2,33,34,35,37);3H2,1-2H3/b20-12-;. The second-order valence-corrected chi connectivity index (χ2v) is 11.3. The number of pyridine rings is 1. The third-order valence-electron chi connectivity index (χ3n) is 7.12. The maximum absolute atomic E-state index is 13.1. The van der Waals surface area contributed by atoms with Crippen molar-refractivity contribution in [1.29, 1.82) is 0 Å². The van der Waals surface area contributed by atoms with Crippen LogP contribution in [0.15, 0.2) is 66.8 Å². The lowest BCUT2D eigenvalue weighted by atomic mass is 10.0. The molecule has 0 saturated carbocycles. The van der Waals surface area contributed by atoms with Gasteiger partial charge in [0.25, 0.3) is 5.91 Å². The van der Waals surface area contributed by atoms with Crippen LogP contribution in [0.4, 0.5) is 28.8 Å². The van der Waals surface area contributed by atoms with Crippen LogP contribution in [0.25, 0.3) is 0 Å². The summed E-state index contributed by atoms with van der Waals surface area (Å²) in [5, 5.41) is 9.93. The molecule has 2 aliphatic heterocycles. The Bertz CT molecular complexity index is 1550. The van der Waals surface area contributed by atoms with Crippen LogP contribution in [-0.2, 0) is 27.2 Å². The van der Waals surface area contributed by atoms with Crippen LogP contribution in [0.5, 0.6) is 0 Å². The summed E-state index contributed by atoms with van der Waals surface area (Å²) in [7, 11) is 1.55. The first-order chi connectivity index (χ1) is 21.7. The van der Waals surface area contributed by atoms with Gasteiger partial charge in [-0.25, -0.2) is 4.98 Å². The zero-order valence-corrected chi connectivity index (χ0v) is 27.1. The van der Waals surface area contributed by atoms with E-state index in [0.29, 0.717) is 67.1 Å². The molecule has 12 heteroatoms. The Labute approximate surface area is 269 Å². The number of anilines is 5. The molecular formula is C33H41ClN8O3. The second kappa shape index (κ2) is 16.0. The lowest BCUT2D eigenvalue weighted by molar-refractivity contribution is -0.128. The number of allylic oxidation sites excluding steroid dienone is 1. The number of fused-ring (bicyclic) bond motifs is 6. The number of nitrogens with one attached hydrogen (secondary N) is 3. The summed E-state index contributed by atoms with van der Waals surface area (Å²) >= 11 is 6.37. The van der Waals surface area contributed by atoms with E-state index in [1.165, 1.54) is 12.6 Å². The highest BCUT2D eigenvalue weighted by molar-refractivity contribution is 6.32. The molecule has 0 unspecified atom stereocenters. The SMILES string of the molecule is C=C(/C=C(/C)OC)C(=O)N1CCN(CC(=O)Nc2ccc3cc2CCc2cncc(c2)Nc2ncc(Cl)c(n2)N3)CC1.CCC. The Balaban J connectivity index is 0.00000148. The minimum absolute atomic E-state index is 0.117. The molecule has 0 aliphatic carbocycles. The first kappa shape index (κ1) is 33.4. The fourth-order valence-electron chi connectivity index (χ4n) is 4.82. The quantitative estimate of drug-likeness (QED) is 0.178. The van der Waals surface area contributed by atoms with Gasteiger partial charge in [-0.2, -0.15) is 4.98 Å². The van der Waals surface area contributed by atoms with Crippen molar-refractivity contribution in [3.63, 3.8) is 0 Å². The van der Waals surface area contributed by atoms with Gasteiger partial charge in [0.15, 0.2) is 5.82 Å². The molecule has 2 aromatic heterocycles. The summed E-state index contributed by atoms with van der Waals surface area (Å²) in [5.41, 5.74) is 4.68. The molecule has 3 aromatic rings. The first-order valence-corrected chi connectivity index (χ1v) is 15.4. The number of aromatic nitrogens is 3. The molecule has 1 fully saturated rings. The molecule has 0 atom stereocenters. The van der Waals surface area contributed by atoms with Crippen molar-refractivity contribution in [3.05, 3.63) is 83.0 Å². The van der Waals surface area contributed by atoms with Crippen LogP contribution >= 0.6 is 11.6 Å². The van der Waals surface area contributed by atoms with Crippen molar-refractivity contribution in [2.24, 2.45) is 0 Å². The molecule has 238 valence electrons. The van der Waals surface area contributed by atoms with E-state index in [0.717, 1.165) is 28.2 Å². The zero-order valence-electron chi connectivity index (χ0n) is 26.3. The van der Waals surface area contributed by atoms with Gasteiger partial charge in [0.2, 0.25) is 11.9 Å². The number of hydrogen-bond donors (Lipinski definition) is 3. The molecule has 2 amide bonds. The van der Waals surface area contributed by atoms with Crippen LogP contribution in [0.2, 0.25) is 5.02 Å². The summed E-state index contributed by atoms with van der Waals surface area (Å²) in [4.78, 5) is 42.8. The maximum atomic E-state index is 13.1. The second-order valence-electron chi connectivity index (χ2n) is 10.9. The fraction of sp³-hybridized carbons (Fsp3) is 0.364. The number of carbonyl (C=O) groups excluding carboxylic acids is 2. The van der Waals surface area contributed by atoms with Crippen molar-refractivity contribution in [1.82, 2.24) is 24.8 Å². The smallest absolute Gasteiger partial charge is 0.253 e. The third-order valence-corrected chi connectivity index (χ3v) is 7.40. The monoisotopic (exact) mass is 632 g/mol. The van der Waals surface area contributed by atoms with Crippen molar-refractivity contribution < 1.29 is 14.3 Å². The van der Waals surface area contributed by atoms with Gasteiger partial charge in [-0.15, -0.1) is 0 Å². The summed E-state index contributed by atoms with van der Waals surface area (Å²) in [6, 6.07) is 7.76. The molecule has 0 spiro atoms. The van der Waals surface area contributed by atoms with Gasteiger partial charge in [0.05, 0.1) is 37.5 Å². The molecule has 4 heterocycles. The number of halogens is 1. The predicted molar refractivity (Wildman–Crippen MR) is 179 cm³/mol. The number of carbonyl (C=O) groups is 2. The number of nitrogens with zero attached hydrogens (tertiary/aromatic N) is 5. The van der Waals surface area contributed by atoms with Crippen molar-refractivity contribution in [2.75, 3.05) is 55.8 Å². The van der Waals surface area contributed by atoms with E-state index in [-0.39, 0.29) is 18.4 Å². The molecule has 45 heavy (non-hydrogen) atoms. The highest BCUT2D eigenvalue weighted by Gasteiger charge is 2.24. The van der Waals surface area contributed by atoms with Gasteiger partial charge in [-0.3, -0.25) is 19.5 Å². The first-order valence-electron chi connectivity index (χ1n) is 15.0. The zero-order chi connectivity index (χ0) is 32.3. The van der Waals surface area contributed by atoms with E-state index < -0.39 is 0 Å². The Morgan fingerprint density at radius 1 is 1.07 bits per heavy atom. The van der Waals surface area contributed by atoms with Gasteiger partial charge in [-0.05, 0) is 61.2 Å². The van der Waals surface area contributed by atoms with Crippen LogP contribution in [0, 0.1) is 0 Å². The average Bonchev–Trinajstić information content (AvgIpc) is 3.03. The lowest BCUT2D eigenvalue weighted by Crippen LogP contribution is -2.50. The fourth-order valence-corrected chi connectivity index (χ4v) is 4.96. The highest BCUT2D eigenvalue weighted by Crippen LogP contribution is 2.29. The van der Waals surface area contributed by atoms with Crippen molar-refractivity contribution in [2.45, 2.75) is 40.0 Å². The lowest BCUT2D eigenvalue weighted by Gasteiger charge is -2.34. The molecule has 6 bridgehead atoms. The third kappa shape index (κ3) is 9.50. The van der Waals surface area contributed by atoms with Crippen molar-refractivity contribution >= 4 is 52.2 Å². The molecule has 5 rings (SSSR count). The minimum atomic E-state index is -0.125. The normalized spacial score (nSPS) is 14.6. The molecule has 11 nitrogen and oxygen atoms in total. The summed E-state index contributed by atoms with van der Waals surface area (Å²) in [6.07, 6.45) is 9.36. The van der Waals surface area contributed by atoms with E-state index >= 15 is 0 Å². The van der Waals surface area contributed by atoms with E-state index in [2.05, 4.69) is 51.3 Å². The number of amides is 2. The van der Waals surface area contributed by atoms with Crippen LogP contribution in [0.1, 0.15) is 38.3 Å². The number of rotatable bonds is 6. The minimum Gasteiger partial charge on any atom is -0.501 e. The van der Waals surface area contributed by atoms with Crippen LogP contribution in [-0.4, -0.2) is 76.4 Å². The Kier molecular flexibility index (Phi) is 11.9. The van der Waals surface area contributed by atoms with Crippen molar-refractivity contribution in [3.8, 4) is 0 Å². The molecule has 0 radical (unpaired) electrons. The number of piperazine rings is 1. The van der Waals surface area contributed by atoms with E-state index in [9.17, 15) is 9.59 Å². The largest absolute Gasteiger partial charge is 0.501 e. The number of aryl methyl sites for hydroxylation is 2. The average molecular weight is 633 g/mol. The molecule has 1 aromatic carbocycles. The molecule has 1 saturated heterocycles. The maximum Gasteiger partial charge on any atom is 0.253 e. The summed E-state index contributed by atoms with van der Waals surface area (Å²) in [5.74, 6) is 1.25. The van der Waals surface area contributed by atoms with E-state index in [1.54, 1.807) is 31.2 Å². The summed E-state index contributed by atoms with van der Waals surface area (Å²) in [6.45, 7) is 12.3.